The van der Waals surface area contributed by atoms with E-state index >= 15 is 0 Å². The molecule has 2 aromatic rings. The number of ether oxygens (including phenoxy) is 2. The highest BCUT2D eigenvalue weighted by molar-refractivity contribution is 5.97. The van der Waals surface area contributed by atoms with Crippen LogP contribution >= 0.6 is 0 Å². The zero-order valence-corrected chi connectivity index (χ0v) is 19.3. The van der Waals surface area contributed by atoms with Gasteiger partial charge in [0.2, 0.25) is 0 Å². The summed E-state index contributed by atoms with van der Waals surface area (Å²) in [4.78, 5) is 29.5. The van der Waals surface area contributed by atoms with Crippen molar-refractivity contribution >= 4 is 11.9 Å². The number of nitrogens with zero attached hydrogens (tertiary/aromatic N) is 2. The van der Waals surface area contributed by atoms with Crippen LogP contribution in [0.3, 0.4) is 0 Å². The molecule has 2 heterocycles. The van der Waals surface area contributed by atoms with Crippen molar-refractivity contribution in [1.82, 2.24) is 9.80 Å². The number of likely N-dealkylation sites (tertiary alicyclic amines) is 1. The Labute approximate surface area is 195 Å². The lowest BCUT2D eigenvalue weighted by Gasteiger charge is -2.45. The third-order valence-corrected chi connectivity index (χ3v) is 7.50. The SMILES string of the molecule is COC(=O)c1ccc(COc2ccc3c(c2)CCN(C2CCN(C4CCC4)CC2)C3=O)cc1. The minimum atomic E-state index is -0.347. The van der Waals surface area contributed by atoms with Crippen molar-refractivity contribution in [3.05, 3.63) is 64.7 Å². The predicted molar refractivity (Wildman–Crippen MR) is 126 cm³/mol. The van der Waals surface area contributed by atoms with E-state index in [-0.39, 0.29) is 11.9 Å². The number of benzene rings is 2. The number of esters is 1. The van der Waals surface area contributed by atoms with E-state index in [9.17, 15) is 9.59 Å². The zero-order chi connectivity index (χ0) is 22.8. The lowest BCUT2D eigenvalue weighted by molar-refractivity contribution is 0.0414. The van der Waals surface area contributed by atoms with Crippen molar-refractivity contribution in [2.75, 3.05) is 26.7 Å². The quantitative estimate of drug-likeness (QED) is 0.624. The van der Waals surface area contributed by atoms with Crippen molar-refractivity contribution in [2.45, 2.75) is 57.2 Å². The summed E-state index contributed by atoms with van der Waals surface area (Å²) in [6.45, 7) is 3.44. The number of fused-ring (bicyclic) bond motifs is 1. The second-order valence-electron chi connectivity index (χ2n) is 9.40. The highest BCUT2D eigenvalue weighted by Gasteiger charge is 2.34. The van der Waals surface area contributed by atoms with Gasteiger partial charge in [0.05, 0.1) is 12.7 Å². The Bertz CT molecular complexity index is 1010. The molecule has 2 fully saturated rings. The molecule has 2 aromatic carbocycles. The fourth-order valence-corrected chi connectivity index (χ4v) is 5.26. The standard InChI is InChI=1S/C27H32N2O4/c1-32-27(31)20-7-5-19(6-8-20)18-33-24-9-10-25-21(17-24)11-16-29(26(25)30)23-12-14-28(15-13-23)22-3-2-4-22/h5-10,17,22-23H,2-4,11-16,18H2,1H3. The lowest BCUT2D eigenvalue weighted by atomic mass is 9.88. The Balaban J connectivity index is 1.18. The first-order chi connectivity index (χ1) is 16.1. The van der Waals surface area contributed by atoms with Crippen LogP contribution < -0.4 is 4.74 Å². The Kier molecular flexibility index (Phi) is 6.36. The number of methoxy groups -OCH3 is 1. The number of hydrogen-bond acceptors (Lipinski definition) is 5. The summed E-state index contributed by atoms with van der Waals surface area (Å²) >= 11 is 0. The minimum absolute atomic E-state index is 0.170. The van der Waals surface area contributed by atoms with Crippen molar-refractivity contribution in [2.24, 2.45) is 0 Å². The van der Waals surface area contributed by atoms with Crippen molar-refractivity contribution in [3.8, 4) is 5.75 Å². The lowest BCUT2D eigenvalue weighted by Crippen LogP contribution is -2.52. The molecule has 1 saturated carbocycles. The van der Waals surface area contributed by atoms with Crippen molar-refractivity contribution in [1.29, 1.82) is 0 Å². The topological polar surface area (TPSA) is 59.1 Å². The Hall–Kier alpha value is -2.86. The maximum atomic E-state index is 13.2. The third kappa shape index (κ3) is 4.62. The number of carbonyl (C=O) groups is 2. The van der Waals surface area contributed by atoms with Gasteiger partial charge in [0.15, 0.2) is 0 Å². The molecule has 6 heteroatoms. The Morgan fingerprint density at radius 2 is 1.73 bits per heavy atom. The van der Waals surface area contributed by atoms with E-state index in [1.165, 1.54) is 26.4 Å². The van der Waals surface area contributed by atoms with Crippen LogP contribution in [0.5, 0.6) is 5.75 Å². The molecular weight excluding hydrogens is 416 g/mol. The summed E-state index contributed by atoms with van der Waals surface area (Å²) in [5.74, 6) is 0.587. The number of piperidine rings is 1. The summed E-state index contributed by atoms with van der Waals surface area (Å²) in [7, 11) is 1.37. The minimum Gasteiger partial charge on any atom is -0.489 e. The molecule has 0 unspecified atom stereocenters. The summed E-state index contributed by atoms with van der Waals surface area (Å²) in [6.07, 6.45) is 7.13. The fraction of sp³-hybridized carbons (Fsp3) is 0.481. The highest BCUT2D eigenvalue weighted by atomic mass is 16.5. The molecular formula is C27H32N2O4. The molecule has 174 valence electrons. The van der Waals surface area contributed by atoms with Crippen LogP contribution in [0.25, 0.3) is 0 Å². The monoisotopic (exact) mass is 448 g/mol. The average Bonchev–Trinajstić information content (AvgIpc) is 2.82. The molecule has 1 amide bonds. The van der Waals surface area contributed by atoms with Gasteiger partial charge in [0, 0.05) is 37.3 Å². The van der Waals surface area contributed by atoms with E-state index in [1.807, 2.05) is 30.3 Å². The average molecular weight is 449 g/mol. The van der Waals surface area contributed by atoms with Crippen LogP contribution in [0.15, 0.2) is 42.5 Å². The van der Waals surface area contributed by atoms with Crippen molar-refractivity contribution in [3.63, 3.8) is 0 Å². The first-order valence-electron chi connectivity index (χ1n) is 12.1. The molecule has 0 N–H and O–H groups in total. The molecule has 0 bridgehead atoms. The first-order valence-corrected chi connectivity index (χ1v) is 12.1. The number of carbonyl (C=O) groups excluding carboxylic acids is 2. The largest absolute Gasteiger partial charge is 0.489 e. The summed E-state index contributed by atoms with van der Waals surface area (Å²) in [5, 5.41) is 0. The molecule has 6 nitrogen and oxygen atoms in total. The number of amides is 1. The smallest absolute Gasteiger partial charge is 0.337 e. The van der Waals surface area contributed by atoms with E-state index in [0.717, 1.165) is 67.4 Å². The van der Waals surface area contributed by atoms with Crippen LogP contribution in [0.2, 0.25) is 0 Å². The van der Waals surface area contributed by atoms with E-state index < -0.39 is 0 Å². The van der Waals surface area contributed by atoms with E-state index in [1.54, 1.807) is 12.1 Å². The van der Waals surface area contributed by atoms with Crippen LogP contribution in [0.1, 0.15) is 63.9 Å². The predicted octanol–water partition coefficient (Wildman–Crippen LogP) is 4.07. The summed E-state index contributed by atoms with van der Waals surface area (Å²) < 4.78 is 10.7. The van der Waals surface area contributed by atoms with Crippen LogP contribution in [0, 0.1) is 0 Å². The molecule has 1 saturated heterocycles. The van der Waals surface area contributed by atoms with Gasteiger partial charge in [-0.2, -0.15) is 0 Å². The van der Waals surface area contributed by atoms with E-state index in [4.69, 9.17) is 9.47 Å². The second kappa shape index (κ2) is 9.56. The maximum Gasteiger partial charge on any atom is 0.337 e. The molecule has 0 spiro atoms. The van der Waals surface area contributed by atoms with Crippen LogP contribution in [-0.2, 0) is 17.8 Å². The van der Waals surface area contributed by atoms with Gasteiger partial charge >= 0.3 is 5.97 Å². The molecule has 1 aliphatic carbocycles. The fourth-order valence-electron chi connectivity index (χ4n) is 5.26. The van der Waals surface area contributed by atoms with Gasteiger partial charge in [-0.3, -0.25) is 4.79 Å². The summed E-state index contributed by atoms with van der Waals surface area (Å²) in [6, 6.07) is 14.2. The second-order valence-corrected chi connectivity index (χ2v) is 9.40. The van der Waals surface area contributed by atoms with E-state index in [2.05, 4.69) is 9.80 Å². The Morgan fingerprint density at radius 1 is 0.970 bits per heavy atom. The molecule has 0 atom stereocenters. The first kappa shape index (κ1) is 22.0. The van der Waals surface area contributed by atoms with Gasteiger partial charge in [-0.15, -0.1) is 0 Å². The maximum absolute atomic E-state index is 13.2. The van der Waals surface area contributed by atoms with Crippen LogP contribution in [0.4, 0.5) is 0 Å². The Morgan fingerprint density at radius 3 is 2.39 bits per heavy atom. The molecule has 2 aliphatic heterocycles. The van der Waals surface area contributed by atoms with Gasteiger partial charge < -0.3 is 19.3 Å². The van der Waals surface area contributed by atoms with Gasteiger partial charge in [-0.25, -0.2) is 4.79 Å². The normalized spacial score (nSPS) is 19.7. The molecule has 3 aliphatic rings. The zero-order valence-electron chi connectivity index (χ0n) is 19.3. The van der Waals surface area contributed by atoms with Gasteiger partial charge in [0.25, 0.3) is 5.91 Å². The number of hydrogen-bond donors (Lipinski definition) is 0. The van der Waals surface area contributed by atoms with Gasteiger partial charge in [0.1, 0.15) is 12.4 Å². The van der Waals surface area contributed by atoms with Crippen molar-refractivity contribution < 1.29 is 19.1 Å². The summed E-state index contributed by atoms with van der Waals surface area (Å²) in [5.41, 5.74) is 3.38. The molecule has 0 aromatic heterocycles. The van der Waals surface area contributed by atoms with E-state index in [0.29, 0.717) is 18.2 Å². The third-order valence-electron chi connectivity index (χ3n) is 7.50. The highest BCUT2D eigenvalue weighted by Crippen LogP contribution is 2.31. The molecule has 5 rings (SSSR count). The molecule has 33 heavy (non-hydrogen) atoms. The molecule has 0 radical (unpaired) electrons. The number of rotatable bonds is 6. The van der Waals surface area contributed by atoms with Gasteiger partial charge in [-0.1, -0.05) is 18.6 Å². The van der Waals surface area contributed by atoms with Gasteiger partial charge in [-0.05, 0) is 73.6 Å². The van der Waals surface area contributed by atoms with Crippen LogP contribution in [-0.4, -0.2) is 60.5 Å².